The summed E-state index contributed by atoms with van der Waals surface area (Å²) >= 11 is 3.45. The maximum atomic E-state index is 11.6. The van der Waals surface area contributed by atoms with Gasteiger partial charge >= 0.3 is 0 Å². The van der Waals surface area contributed by atoms with Gasteiger partial charge in [-0.05, 0) is 25.8 Å². The summed E-state index contributed by atoms with van der Waals surface area (Å²) in [5.74, 6) is 1.19. The highest BCUT2D eigenvalue weighted by molar-refractivity contribution is 7.99. The molecule has 0 aliphatic carbocycles. The lowest BCUT2D eigenvalue weighted by Gasteiger charge is -2.14. The van der Waals surface area contributed by atoms with Crippen molar-refractivity contribution >= 4 is 39.2 Å². The highest BCUT2D eigenvalue weighted by Crippen LogP contribution is 2.34. The number of aryl methyl sites for hydroxylation is 2. The van der Waals surface area contributed by atoms with Crippen LogP contribution in [0.1, 0.15) is 23.3 Å². The fraction of sp³-hybridized carbons (Fsp3) is 0.500. The van der Waals surface area contributed by atoms with E-state index in [-0.39, 0.29) is 0 Å². The van der Waals surface area contributed by atoms with E-state index >= 15 is 0 Å². The van der Waals surface area contributed by atoms with Crippen molar-refractivity contribution in [3.05, 3.63) is 16.8 Å². The lowest BCUT2D eigenvalue weighted by molar-refractivity contribution is -0.127. The van der Waals surface area contributed by atoms with E-state index in [1.165, 1.54) is 15.8 Å². The van der Waals surface area contributed by atoms with Gasteiger partial charge in [-0.15, -0.1) is 23.1 Å². The van der Waals surface area contributed by atoms with Crippen LogP contribution in [0.25, 0.3) is 10.2 Å². The number of carbonyl (C=O) groups is 1. The number of fused-ring (bicyclic) bond motifs is 1. The first-order valence-electron chi connectivity index (χ1n) is 6.78. The maximum Gasteiger partial charge on any atom is 0.222 e. The van der Waals surface area contributed by atoms with E-state index in [1.807, 2.05) is 4.90 Å². The fourth-order valence-corrected chi connectivity index (χ4v) is 4.53. The van der Waals surface area contributed by atoms with E-state index in [1.54, 1.807) is 29.4 Å². The van der Waals surface area contributed by atoms with Gasteiger partial charge in [0.25, 0.3) is 0 Å². The Bertz CT molecular complexity index is 653. The summed E-state index contributed by atoms with van der Waals surface area (Å²) in [6.07, 6.45) is 3.36. The van der Waals surface area contributed by atoms with Crippen molar-refractivity contribution in [2.24, 2.45) is 0 Å². The molecular weight excluding hydrogens is 290 g/mol. The van der Waals surface area contributed by atoms with E-state index in [2.05, 4.69) is 23.8 Å². The Morgan fingerprint density at radius 3 is 3.00 bits per heavy atom. The van der Waals surface area contributed by atoms with Crippen molar-refractivity contribution in [1.29, 1.82) is 0 Å². The molecule has 1 aliphatic rings. The van der Waals surface area contributed by atoms with Gasteiger partial charge in [-0.1, -0.05) is 0 Å². The summed E-state index contributed by atoms with van der Waals surface area (Å²) in [5, 5.41) is 2.23. The Hall–Kier alpha value is -1.14. The van der Waals surface area contributed by atoms with Crippen LogP contribution in [-0.4, -0.2) is 39.6 Å². The van der Waals surface area contributed by atoms with Crippen molar-refractivity contribution in [2.75, 3.05) is 18.8 Å². The Morgan fingerprint density at radius 1 is 1.40 bits per heavy atom. The molecule has 20 heavy (non-hydrogen) atoms. The predicted molar refractivity (Wildman–Crippen MR) is 83.4 cm³/mol. The van der Waals surface area contributed by atoms with Crippen molar-refractivity contribution in [1.82, 2.24) is 14.9 Å². The van der Waals surface area contributed by atoms with Crippen LogP contribution in [0.5, 0.6) is 0 Å². The Balaban J connectivity index is 1.73. The van der Waals surface area contributed by atoms with Crippen LogP contribution in [-0.2, 0) is 4.79 Å². The van der Waals surface area contributed by atoms with Gasteiger partial charge in [0.1, 0.15) is 16.2 Å². The highest BCUT2D eigenvalue weighted by Gasteiger charge is 2.20. The second kappa shape index (κ2) is 5.69. The number of likely N-dealkylation sites (tertiary alicyclic amines) is 1. The second-order valence-corrected chi connectivity index (χ2v) is 7.26. The number of aromatic nitrogens is 2. The van der Waals surface area contributed by atoms with E-state index in [9.17, 15) is 4.79 Å². The minimum absolute atomic E-state index is 0.293. The van der Waals surface area contributed by atoms with E-state index in [4.69, 9.17) is 0 Å². The minimum Gasteiger partial charge on any atom is -0.342 e. The monoisotopic (exact) mass is 307 g/mol. The number of thioether (sulfide) groups is 1. The van der Waals surface area contributed by atoms with Crippen LogP contribution >= 0.6 is 23.1 Å². The van der Waals surface area contributed by atoms with Crippen LogP contribution in [0.15, 0.2) is 11.4 Å². The molecule has 0 spiro atoms. The van der Waals surface area contributed by atoms with Gasteiger partial charge < -0.3 is 4.90 Å². The average Bonchev–Trinajstić information content (AvgIpc) is 2.96. The first-order chi connectivity index (χ1) is 9.66. The fourth-order valence-electron chi connectivity index (χ4n) is 2.45. The van der Waals surface area contributed by atoms with Gasteiger partial charge in [0.15, 0.2) is 0 Å². The summed E-state index contributed by atoms with van der Waals surface area (Å²) < 4.78 is 0. The number of hydrogen-bond acceptors (Lipinski definition) is 5. The molecule has 0 radical (unpaired) electrons. The molecule has 0 atom stereocenters. The molecule has 6 heteroatoms. The smallest absolute Gasteiger partial charge is 0.222 e. The number of hydrogen-bond donors (Lipinski definition) is 0. The molecule has 2 aromatic heterocycles. The van der Waals surface area contributed by atoms with Gasteiger partial charge in [0, 0.05) is 35.5 Å². The van der Waals surface area contributed by atoms with Crippen molar-refractivity contribution in [3.8, 4) is 0 Å². The van der Waals surface area contributed by atoms with Gasteiger partial charge in [0.2, 0.25) is 5.91 Å². The van der Waals surface area contributed by atoms with Gasteiger partial charge in [-0.2, -0.15) is 0 Å². The molecule has 106 valence electrons. The molecule has 0 bridgehead atoms. The SMILES string of the molecule is Cc1sc2ncnc(SCCN3CCCC3=O)c2c1C. The zero-order valence-electron chi connectivity index (χ0n) is 11.7. The third kappa shape index (κ3) is 2.54. The predicted octanol–water partition coefficient (Wildman–Crippen LogP) is 3.02. The lowest BCUT2D eigenvalue weighted by atomic mass is 10.2. The van der Waals surface area contributed by atoms with Crippen LogP contribution in [0, 0.1) is 13.8 Å². The third-order valence-corrected chi connectivity index (χ3v) is 5.79. The highest BCUT2D eigenvalue weighted by atomic mass is 32.2. The molecule has 0 saturated carbocycles. The molecular formula is C14H17N3OS2. The van der Waals surface area contributed by atoms with Crippen LogP contribution < -0.4 is 0 Å². The number of nitrogens with zero attached hydrogens (tertiary/aromatic N) is 3. The summed E-state index contributed by atoms with van der Waals surface area (Å²) in [5.41, 5.74) is 1.28. The summed E-state index contributed by atoms with van der Waals surface area (Å²) in [6, 6.07) is 0. The number of rotatable bonds is 4. The molecule has 3 rings (SSSR count). The summed E-state index contributed by atoms with van der Waals surface area (Å²) in [4.78, 5) is 24.7. The largest absolute Gasteiger partial charge is 0.342 e. The summed E-state index contributed by atoms with van der Waals surface area (Å²) in [7, 11) is 0. The zero-order valence-corrected chi connectivity index (χ0v) is 13.3. The molecule has 3 heterocycles. The first kappa shape index (κ1) is 13.8. The Labute approximate surface area is 126 Å². The Morgan fingerprint density at radius 2 is 2.25 bits per heavy atom. The number of thiophene rings is 1. The molecule has 1 fully saturated rings. The zero-order chi connectivity index (χ0) is 14.1. The molecule has 4 nitrogen and oxygen atoms in total. The molecule has 0 N–H and O–H groups in total. The third-order valence-electron chi connectivity index (χ3n) is 3.70. The van der Waals surface area contributed by atoms with E-state index in [0.29, 0.717) is 12.3 Å². The quantitative estimate of drug-likeness (QED) is 0.643. The normalized spacial score (nSPS) is 15.5. The van der Waals surface area contributed by atoms with E-state index in [0.717, 1.165) is 35.1 Å². The van der Waals surface area contributed by atoms with Crippen molar-refractivity contribution in [3.63, 3.8) is 0 Å². The van der Waals surface area contributed by atoms with Crippen molar-refractivity contribution < 1.29 is 4.79 Å². The van der Waals surface area contributed by atoms with Crippen molar-refractivity contribution in [2.45, 2.75) is 31.7 Å². The van der Waals surface area contributed by atoms with Gasteiger partial charge in [0.05, 0.1) is 0 Å². The molecule has 1 amide bonds. The molecule has 0 unspecified atom stereocenters. The van der Waals surface area contributed by atoms with Crippen LogP contribution in [0.2, 0.25) is 0 Å². The molecule has 2 aromatic rings. The molecule has 1 aliphatic heterocycles. The average molecular weight is 307 g/mol. The molecule has 1 saturated heterocycles. The molecule has 0 aromatic carbocycles. The van der Waals surface area contributed by atoms with Crippen LogP contribution in [0.3, 0.4) is 0 Å². The lowest BCUT2D eigenvalue weighted by Crippen LogP contribution is -2.26. The first-order valence-corrected chi connectivity index (χ1v) is 8.58. The minimum atomic E-state index is 0.293. The topological polar surface area (TPSA) is 46.1 Å². The maximum absolute atomic E-state index is 11.6. The summed E-state index contributed by atoms with van der Waals surface area (Å²) in [6.45, 7) is 5.98. The second-order valence-electron chi connectivity index (χ2n) is 4.98. The Kier molecular flexibility index (Phi) is 3.94. The standard InChI is InChI=1S/C14H17N3OS2/c1-9-10(2)20-14-12(9)13(15-8-16-14)19-7-6-17-5-3-4-11(17)18/h8H,3-7H2,1-2H3. The van der Waals surface area contributed by atoms with Gasteiger partial charge in [-0.25, -0.2) is 9.97 Å². The number of carbonyl (C=O) groups excluding carboxylic acids is 1. The number of amides is 1. The van der Waals surface area contributed by atoms with Gasteiger partial charge in [-0.3, -0.25) is 4.79 Å². The van der Waals surface area contributed by atoms with E-state index < -0.39 is 0 Å². The van der Waals surface area contributed by atoms with Crippen LogP contribution in [0.4, 0.5) is 0 Å².